The van der Waals surface area contributed by atoms with Crippen LogP contribution in [-0.4, -0.2) is 42.9 Å². The molecular weight excluding hydrogens is 310 g/mol. The average molecular weight is 335 g/mol. The second kappa shape index (κ2) is 7.57. The van der Waals surface area contributed by atoms with Crippen molar-refractivity contribution in [2.45, 2.75) is 46.7 Å². The second-order valence-corrected chi connectivity index (χ2v) is 6.03. The van der Waals surface area contributed by atoms with Crippen LogP contribution < -0.4 is 11.2 Å². The highest BCUT2D eigenvalue weighted by atomic mass is 16.2. The fraction of sp³-hybridized carbons (Fsp3) is 0.625. The van der Waals surface area contributed by atoms with E-state index < -0.39 is 11.2 Å². The number of aromatic amines is 1. The molecule has 8 heteroatoms. The lowest BCUT2D eigenvalue weighted by molar-refractivity contribution is -0.117. The van der Waals surface area contributed by atoms with Crippen molar-refractivity contribution >= 4 is 16.9 Å². The topological polar surface area (TPSA) is 93.0 Å². The van der Waals surface area contributed by atoms with Crippen LogP contribution in [0, 0.1) is 0 Å². The summed E-state index contributed by atoms with van der Waals surface area (Å²) in [5.74, 6) is 0.560. The molecule has 2 aromatic heterocycles. The molecule has 0 aliphatic heterocycles. The molecule has 8 nitrogen and oxygen atoms in total. The second-order valence-electron chi connectivity index (χ2n) is 6.03. The molecule has 2 heterocycles. The van der Waals surface area contributed by atoms with Crippen molar-refractivity contribution in [1.29, 1.82) is 0 Å². The first-order valence-corrected chi connectivity index (χ1v) is 8.29. The molecule has 0 saturated carbocycles. The monoisotopic (exact) mass is 335 g/mol. The van der Waals surface area contributed by atoms with Gasteiger partial charge in [-0.15, -0.1) is 0 Å². The Balaban J connectivity index is 2.57. The van der Waals surface area contributed by atoms with Crippen LogP contribution in [-0.2, 0) is 24.9 Å². The Kier molecular flexibility index (Phi) is 5.71. The van der Waals surface area contributed by atoms with Crippen molar-refractivity contribution in [3.63, 3.8) is 0 Å². The van der Waals surface area contributed by atoms with Crippen LogP contribution in [0.4, 0.5) is 0 Å². The summed E-state index contributed by atoms with van der Waals surface area (Å²) < 4.78 is 2.93. The number of aryl methyl sites for hydroxylation is 1. The van der Waals surface area contributed by atoms with Crippen molar-refractivity contribution in [2.75, 3.05) is 13.1 Å². The highest BCUT2D eigenvalue weighted by Crippen LogP contribution is 2.13. The number of nitrogens with one attached hydrogen (secondary N) is 1. The lowest BCUT2D eigenvalue weighted by Crippen LogP contribution is -2.30. The van der Waals surface area contributed by atoms with Crippen molar-refractivity contribution in [2.24, 2.45) is 7.05 Å². The molecule has 0 unspecified atom stereocenters. The molecule has 24 heavy (non-hydrogen) atoms. The molecule has 0 saturated heterocycles. The first-order chi connectivity index (χ1) is 11.4. The van der Waals surface area contributed by atoms with E-state index in [0.717, 1.165) is 25.9 Å². The minimum absolute atomic E-state index is 0.0679. The Morgan fingerprint density at radius 1 is 1.29 bits per heavy atom. The summed E-state index contributed by atoms with van der Waals surface area (Å²) in [6, 6.07) is 0. The quantitative estimate of drug-likeness (QED) is 0.764. The number of nitrogens with zero attached hydrogens (tertiary/aromatic N) is 4. The van der Waals surface area contributed by atoms with Gasteiger partial charge in [0.25, 0.3) is 5.56 Å². The van der Waals surface area contributed by atoms with Gasteiger partial charge in [-0.2, -0.15) is 0 Å². The molecule has 0 amide bonds. The van der Waals surface area contributed by atoms with Gasteiger partial charge in [-0.25, -0.2) is 9.78 Å². The molecule has 0 aromatic carbocycles. The summed E-state index contributed by atoms with van der Waals surface area (Å²) in [6.45, 7) is 8.04. The smallest absolute Gasteiger partial charge is 0.314 e. The number of unbranched alkanes of at least 4 members (excludes halogenated alkanes) is 1. The van der Waals surface area contributed by atoms with E-state index in [9.17, 15) is 14.4 Å². The van der Waals surface area contributed by atoms with Gasteiger partial charge < -0.3 is 4.57 Å². The van der Waals surface area contributed by atoms with Crippen LogP contribution in [0.15, 0.2) is 9.59 Å². The van der Waals surface area contributed by atoms with Gasteiger partial charge in [0.1, 0.15) is 11.6 Å². The molecule has 2 rings (SSSR count). The third-order valence-corrected chi connectivity index (χ3v) is 4.11. The molecule has 0 aliphatic rings. The van der Waals surface area contributed by atoms with Crippen molar-refractivity contribution < 1.29 is 4.79 Å². The molecule has 132 valence electrons. The Morgan fingerprint density at radius 3 is 2.58 bits per heavy atom. The third kappa shape index (κ3) is 3.64. The number of aromatic nitrogens is 4. The maximum atomic E-state index is 12.2. The largest absolute Gasteiger partial charge is 0.329 e. The number of Topliss-reactive ketones (excluding diaryl/α,β-unsaturated/α-hetero) is 1. The van der Waals surface area contributed by atoms with Gasteiger partial charge in [-0.3, -0.25) is 24.0 Å². The highest BCUT2D eigenvalue weighted by molar-refractivity contribution is 5.79. The number of fused-ring (bicyclic) bond motifs is 1. The number of H-pyrrole nitrogens is 1. The summed E-state index contributed by atoms with van der Waals surface area (Å²) in [7, 11) is 1.56. The summed E-state index contributed by atoms with van der Waals surface area (Å²) in [6.07, 6.45) is 2.16. The van der Waals surface area contributed by atoms with E-state index in [4.69, 9.17) is 0 Å². The molecule has 0 spiro atoms. The first-order valence-electron chi connectivity index (χ1n) is 8.29. The number of carbonyl (C=O) groups is 1. The molecule has 1 N–H and O–H groups in total. The number of carbonyl (C=O) groups excluding carboxylic acids is 1. The van der Waals surface area contributed by atoms with Crippen LogP contribution in [0.1, 0.15) is 39.4 Å². The summed E-state index contributed by atoms with van der Waals surface area (Å²) >= 11 is 0. The molecule has 0 aliphatic carbocycles. The standard InChI is InChI=1S/C16H25N5O3/c1-5-7-8-20(6-2)10-12-17-14-13(21(12)9-11(3)22)15(23)18-16(24)19(14)4/h5-10H2,1-4H3,(H,18,23,24). The molecule has 0 radical (unpaired) electrons. The minimum Gasteiger partial charge on any atom is -0.314 e. The van der Waals surface area contributed by atoms with Gasteiger partial charge in [0.05, 0.1) is 13.1 Å². The summed E-state index contributed by atoms with van der Waals surface area (Å²) in [4.78, 5) is 44.7. The zero-order chi connectivity index (χ0) is 17.9. The predicted octanol–water partition coefficient (Wildman–Crippen LogP) is 0.634. The lowest BCUT2D eigenvalue weighted by atomic mass is 10.3. The molecule has 0 fully saturated rings. The number of ketones is 1. The Hall–Kier alpha value is -2.22. The first kappa shape index (κ1) is 18.1. The zero-order valence-electron chi connectivity index (χ0n) is 14.8. The number of hydrogen-bond donors (Lipinski definition) is 1. The van der Waals surface area contributed by atoms with E-state index in [-0.39, 0.29) is 17.8 Å². The molecule has 0 atom stereocenters. The Morgan fingerprint density at radius 2 is 2.00 bits per heavy atom. The maximum absolute atomic E-state index is 12.2. The molecule has 2 aromatic rings. The van der Waals surface area contributed by atoms with E-state index >= 15 is 0 Å². The fourth-order valence-electron chi connectivity index (χ4n) is 2.72. The summed E-state index contributed by atoms with van der Waals surface area (Å²) in [5.41, 5.74) is -0.435. The normalized spacial score (nSPS) is 11.5. The van der Waals surface area contributed by atoms with Crippen LogP contribution in [0.3, 0.4) is 0 Å². The highest BCUT2D eigenvalue weighted by Gasteiger charge is 2.19. The number of rotatable bonds is 8. The SMILES string of the molecule is CCCCN(CC)Cc1nc2c(c(=O)[nH]c(=O)n2C)n1CC(C)=O. The van der Waals surface area contributed by atoms with Gasteiger partial charge in [0.15, 0.2) is 11.2 Å². The Bertz CT molecular complexity index is 846. The minimum atomic E-state index is -0.510. The molecule has 0 bridgehead atoms. The van der Waals surface area contributed by atoms with Crippen molar-refractivity contribution in [3.05, 3.63) is 26.7 Å². The van der Waals surface area contributed by atoms with E-state index in [2.05, 4.69) is 28.7 Å². The maximum Gasteiger partial charge on any atom is 0.329 e. The average Bonchev–Trinajstić information content (AvgIpc) is 2.87. The van der Waals surface area contributed by atoms with Crippen molar-refractivity contribution in [3.8, 4) is 0 Å². The summed E-state index contributed by atoms with van der Waals surface area (Å²) in [5, 5.41) is 0. The van der Waals surface area contributed by atoms with Gasteiger partial charge in [0.2, 0.25) is 0 Å². The zero-order valence-corrected chi connectivity index (χ0v) is 14.8. The van der Waals surface area contributed by atoms with Gasteiger partial charge in [-0.05, 0) is 26.4 Å². The number of hydrogen-bond acceptors (Lipinski definition) is 5. The van der Waals surface area contributed by atoms with Crippen LogP contribution in [0.5, 0.6) is 0 Å². The van der Waals surface area contributed by atoms with E-state index in [1.165, 1.54) is 11.5 Å². The van der Waals surface area contributed by atoms with Gasteiger partial charge in [0, 0.05) is 7.05 Å². The fourth-order valence-corrected chi connectivity index (χ4v) is 2.72. The lowest BCUT2D eigenvalue weighted by Gasteiger charge is -2.20. The van der Waals surface area contributed by atoms with Gasteiger partial charge >= 0.3 is 5.69 Å². The van der Waals surface area contributed by atoms with E-state index in [1.807, 2.05) is 0 Å². The van der Waals surface area contributed by atoms with Crippen LogP contribution >= 0.6 is 0 Å². The number of imidazole rings is 1. The van der Waals surface area contributed by atoms with Crippen LogP contribution in [0.2, 0.25) is 0 Å². The van der Waals surface area contributed by atoms with E-state index in [0.29, 0.717) is 18.0 Å². The predicted molar refractivity (Wildman–Crippen MR) is 92.1 cm³/mol. The Labute approximate surface area is 140 Å². The van der Waals surface area contributed by atoms with E-state index in [1.54, 1.807) is 11.6 Å². The molecular formula is C16H25N5O3. The van der Waals surface area contributed by atoms with Crippen LogP contribution in [0.25, 0.3) is 11.2 Å². The third-order valence-electron chi connectivity index (χ3n) is 4.11. The van der Waals surface area contributed by atoms with Crippen molar-refractivity contribution in [1.82, 2.24) is 24.0 Å². The van der Waals surface area contributed by atoms with Gasteiger partial charge in [-0.1, -0.05) is 20.3 Å².